The average molecular weight is 323 g/mol. The van der Waals surface area contributed by atoms with Crippen molar-refractivity contribution in [3.8, 4) is 0 Å². The lowest BCUT2D eigenvalue weighted by Crippen LogP contribution is -2.07. The molecule has 3 aromatic rings. The Bertz CT molecular complexity index is 739. The second-order valence-corrected chi connectivity index (χ2v) is 4.99. The Morgan fingerprint density at radius 1 is 1.11 bits per heavy atom. The summed E-state index contributed by atoms with van der Waals surface area (Å²) in [5.41, 5.74) is 0.639. The van der Waals surface area contributed by atoms with E-state index in [-0.39, 0.29) is 5.56 Å². The maximum absolute atomic E-state index is 14.3. The fourth-order valence-electron chi connectivity index (χ4n) is 1.95. The van der Waals surface area contributed by atoms with Gasteiger partial charge in [-0.25, -0.2) is 13.5 Å². The molecule has 0 saturated heterocycles. The molecular formula is C14H9BrF2N2. The first-order valence-corrected chi connectivity index (χ1v) is 6.48. The van der Waals surface area contributed by atoms with Crippen molar-refractivity contribution >= 4 is 26.8 Å². The van der Waals surface area contributed by atoms with E-state index in [1.165, 1.54) is 18.2 Å². The predicted molar refractivity (Wildman–Crippen MR) is 73.1 cm³/mol. The first-order chi connectivity index (χ1) is 9.16. The Morgan fingerprint density at radius 2 is 1.89 bits per heavy atom. The highest BCUT2D eigenvalue weighted by atomic mass is 79.9. The number of hydrogen-bond donors (Lipinski definition) is 0. The van der Waals surface area contributed by atoms with Crippen LogP contribution in [-0.4, -0.2) is 9.78 Å². The fraction of sp³-hybridized carbons (Fsp3) is 0.0714. The quantitative estimate of drug-likeness (QED) is 0.681. The van der Waals surface area contributed by atoms with E-state index in [4.69, 9.17) is 0 Å². The van der Waals surface area contributed by atoms with Gasteiger partial charge in [0.2, 0.25) is 6.30 Å². The van der Waals surface area contributed by atoms with E-state index in [1.807, 2.05) is 12.1 Å². The Labute approximate surface area is 116 Å². The van der Waals surface area contributed by atoms with Crippen LogP contribution in [0.25, 0.3) is 10.9 Å². The van der Waals surface area contributed by atoms with Gasteiger partial charge in [0.25, 0.3) is 0 Å². The third-order valence-electron chi connectivity index (χ3n) is 2.91. The summed E-state index contributed by atoms with van der Waals surface area (Å²) in [5.74, 6) is -0.575. The summed E-state index contributed by atoms with van der Waals surface area (Å²) in [6.07, 6.45) is -0.0724. The van der Waals surface area contributed by atoms with Crippen LogP contribution < -0.4 is 0 Å². The van der Waals surface area contributed by atoms with Gasteiger partial charge >= 0.3 is 0 Å². The Hall–Kier alpha value is -1.75. The van der Waals surface area contributed by atoms with Gasteiger partial charge in [-0.15, -0.1) is 0 Å². The summed E-state index contributed by atoms with van der Waals surface area (Å²) in [5, 5.41) is 4.93. The Balaban J connectivity index is 2.10. The average Bonchev–Trinajstić information content (AvgIpc) is 2.84. The highest BCUT2D eigenvalue weighted by Crippen LogP contribution is 2.27. The van der Waals surface area contributed by atoms with Crippen molar-refractivity contribution in [3.05, 3.63) is 64.5 Å². The Morgan fingerprint density at radius 3 is 2.63 bits per heavy atom. The number of rotatable bonds is 2. The molecule has 0 aliphatic carbocycles. The van der Waals surface area contributed by atoms with E-state index in [0.717, 1.165) is 14.5 Å². The number of aromatic nitrogens is 2. The first kappa shape index (κ1) is 12.3. The van der Waals surface area contributed by atoms with Crippen molar-refractivity contribution < 1.29 is 8.78 Å². The van der Waals surface area contributed by atoms with Crippen molar-refractivity contribution in [2.75, 3.05) is 0 Å². The van der Waals surface area contributed by atoms with E-state index in [0.29, 0.717) is 5.52 Å². The zero-order chi connectivity index (χ0) is 13.4. The van der Waals surface area contributed by atoms with Gasteiger partial charge in [-0.1, -0.05) is 40.2 Å². The number of alkyl halides is 1. The first-order valence-electron chi connectivity index (χ1n) is 5.68. The van der Waals surface area contributed by atoms with Crippen LogP contribution in [-0.2, 0) is 0 Å². The van der Waals surface area contributed by atoms with Gasteiger partial charge in [0.1, 0.15) is 5.82 Å². The minimum Gasteiger partial charge on any atom is -0.233 e. The van der Waals surface area contributed by atoms with Gasteiger partial charge < -0.3 is 0 Å². The molecule has 1 heterocycles. The molecule has 19 heavy (non-hydrogen) atoms. The molecule has 1 aromatic heterocycles. The minimum atomic E-state index is -1.64. The zero-order valence-corrected chi connectivity index (χ0v) is 11.3. The number of halogens is 3. The van der Waals surface area contributed by atoms with E-state index in [1.54, 1.807) is 18.3 Å². The molecule has 5 heteroatoms. The third-order valence-corrected chi connectivity index (χ3v) is 3.60. The fourth-order valence-corrected chi connectivity index (χ4v) is 2.41. The van der Waals surface area contributed by atoms with Crippen LogP contribution in [0.3, 0.4) is 0 Å². The number of hydrogen-bond acceptors (Lipinski definition) is 1. The van der Waals surface area contributed by atoms with Gasteiger partial charge in [0.15, 0.2) is 0 Å². The smallest absolute Gasteiger partial charge is 0.219 e. The van der Waals surface area contributed by atoms with Crippen LogP contribution in [0.2, 0.25) is 0 Å². The minimum absolute atomic E-state index is 0.0218. The molecule has 0 saturated carbocycles. The van der Waals surface area contributed by atoms with Gasteiger partial charge in [-0.3, -0.25) is 0 Å². The zero-order valence-electron chi connectivity index (χ0n) is 9.72. The summed E-state index contributed by atoms with van der Waals surface area (Å²) in [6.45, 7) is 0. The SMILES string of the molecule is Fc1ccccc1C(F)n1cc2c(Br)cccc2n1. The van der Waals surface area contributed by atoms with Gasteiger partial charge in [-0.05, 0) is 18.2 Å². The van der Waals surface area contributed by atoms with E-state index in [2.05, 4.69) is 21.0 Å². The molecule has 2 aromatic carbocycles. The molecule has 0 radical (unpaired) electrons. The number of benzene rings is 2. The number of nitrogens with zero attached hydrogens (tertiary/aromatic N) is 2. The van der Waals surface area contributed by atoms with E-state index in [9.17, 15) is 8.78 Å². The van der Waals surface area contributed by atoms with Crippen LogP contribution in [0.1, 0.15) is 11.9 Å². The van der Waals surface area contributed by atoms with Crippen LogP contribution in [0.4, 0.5) is 8.78 Å². The lowest BCUT2D eigenvalue weighted by molar-refractivity contribution is 0.265. The molecule has 0 bridgehead atoms. The summed E-state index contributed by atoms with van der Waals surface area (Å²) in [6, 6.07) is 11.2. The van der Waals surface area contributed by atoms with Crippen molar-refractivity contribution in [3.63, 3.8) is 0 Å². The maximum Gasteiger partial charge on any atom is 0.219 e. The molecule has 2 nitrogen and oxygen atoms in total. The largest absolute Gasteiger partial charge is 0.233 e. The van der Waals surface area contributed by atoms with Gasteiger partial charge in [0, 0.05) is 21.6 Å². The summed E-state index contributed by atoms with van der Waals surface area (Å²) < 4.78 is 29.9. The monoisotopic (exact) mass is 322 g/mol. The molecule has 0 aliphatic rings. The third kappa shape index (κ3) is 2.14. The lowest BCUT2D eigenvalue weighted by Gasteiger charge is -2.09. The van der Waals surface area contributed by atoms with E-state index < -0.39 is 12.1 Å². The normalized spacial score (nSPS) is 12.8. The topological polar surface area (TPSA) is 17.8 Å². The standard InChI is InChI=1S/C14H9BrF2N2/c15-11-5-3-7-13-10(11)8-19(18-13)14(17)9-4-1-2-6-12(9)16/h1-8,14H. The molecule has 0 aliphatic heterocycles. The predicted octanol–water partition coefficient (Wildman–Crippen LogP) is 4.45. The molecule has 0 spiro atoms. The molecule has 96 valence electrons. The highest BCUT2D eigenvalue weighted by Gasteiger charge is 2.18. The van der Waals surface area contributed by atoms with Crippen LogP contribution in [0.15, 0.2) is 53.1 Å². The number of fused-ring (bicyclic) bond motifs is 1. The van der Waals surface area contributed by atoms with Crippen molar-refractivity contribution in [1.82, 2.24) is 9.78 Å². The lowest BCUT2D eigenvalue weighted by atomic mass is 10.2. The highest BCUT2D eigenvalue weighted by molar-refractivity contribution is 9.10. The molecular weight excluding hydrogens is 314 g/mol. The van der Waals surface area contributed by atoms with Crippen molar-refractivity contribution in [2.45, 2.75) is 6.30 Å². The maximum atomic E-state index is 14.3. The summed E-state index contributed by atoms with van der Waals surface area (Å²) in [4.78, 5) is 0. The van der Waals surface area contributed by atoms with Crippen molar-refractivity contribution in [2.24, 2.45) is 0 Å². The molecule has 1 atom stereocenters. The molecule has 3 rings (SSSR count). The van der Waals surface area contributed by atoms with Gasteiger partial charge in [0.05, 0.1) is 5.52 Å². The van der Waals surface area contributed by atoms with Crippen LogP contribution in [0.5, 0.6) is 0 Å². The molecule has 0 amide bonds. The van der Waals surface area contributed by atoms with Crippen LogP contribution >= 0.6 is 15.9 Å². The second-order valence-electron chi connectivity index (χ2n) is 4.14. The van der Waals surface area contributed by atoms with Crippen molar-refractivity contribution in [1.29, 1.82) is 0 Å². The van der Waals surface area contributed by atoms with E-state index >= 15 is 0 Å². The molecule has 0 fully saturated rings. The molecule has 0 N–H and O–H groups in total. The Kier molecular flexibility index (Phi) is 3.06. The van der Waals surface area contributed by atoms with Gasteiger partial charge in [-0.2, -0.15) is 5.10 Å². The van der Waals surface area contributed by atoms with Crippen LogP contribution in [0, 0.1) is 5.82 Å². The molecule has 1 unspecified atom stereocenters. The second kappa shape index (κ2) is 4.74. The summed E-state index contributed by atoms with van der Waals surface area (Å²) in [7, 11) is 0. The summed E-state index contributed by atoms with van der Waals surface area (Å²) >= 11 is 3.38.